The van der Waals surface area contributed by atoms with Crippen molar-refractivity contribution < 1.29 is 4.74 Å². The second kappa shape index (κ2) is 4.98. The smallest absolute Gasteiger partial charge is 0.290 e. The highest BCUT2D eigenvalue weighted by Gasteiger charge is 2.33. The number of benzene rings is 1. The Bertz CT molecular complexity index is 470. The van der Waals surface area contributed by atoms with Gasteiger partial charge in [-0.25, -0.2) is 4.99 Å². The van der Waals surface area contributed by atoms with Crippen LogP contribution in [0.1, 0.15) is 25.7 Å². The van der Waals surface area contributed by atoms with Crippen LogP contribution in [0.4, 0.5) is 5.69 Å². The van der Waals surface area contributed by atoms with Gasteiger partial charge in [0.05, 0.1) is 21.8 Å². The fourth-order valence-corrected chi connectivity index (χ4v) is 2.96. The van der Waals surface area contributed by atoms with E-state index < -0.39 is 0 Å². The van der Waals surface area contributed by atoms with E-state index in [-0.39, 0.29) is 6.10 Å². The maximum Gasteiger partial charge on any atom is 0.290 e. The number of amidine groups is 1. The molecule has 3 rings (SSSR count). The van der Waals surface area contributed by atoms with Crippen LogP contribution < -0.4 is 5.32 Å². The fourth-order valence-electron chi connectivity index (χ4n) is 2.47. The predicted octanol–water partition coefficient (Wildman–Crippen LogP) is 4.10. The van der Waals surface area contributed by atoms with Crippen LogP contribution >= 0.6 is 23.2 Å². The molecule has 96 valence electrons. The minimum atomic E-state index is 0.225. The molecule has 1 N–H and O–H groups in total. The number of anilines is 1. The van der Waals surface area contributed by atoms with Gasteiger partial charge in [-0.3, -0.25) is 0 Å². The van der Waals surface area contributed by atoms with E-state index in [1.165, 1.54) is 12.8 Å². The highest BCUT2D eigenvalue weighted by atomic mass is 35.5. The molecule has 0 amide bonds. The quantitative estimate of drug-likeness (QED) is 0.842. The van der Waals surface area contributed by atoms with E-state index >= 15 is 0 Å². The first kappa shape index (κ1) is 12.1. The van der Waals surface area contributed by atoms with Crippen molar-refractivity contribution in [3.05, 3.63) is 28.2 Å². The van der Waals surface area contributed by atoms with Gasteiger partial charge in [0.1, 0.15) is 6.10 Å². The molecule has 2 unspecified atom stereocenters. The van der Waals surface area contributed by atoms with Crippen molar-refractivity contribution in [3.63, 3.8) is 0 Å². The Hall–Kier alpha value is -0.930. The number of ether oxygens (including phenoxy) is 1. The average molecular weight is 285 g/mol. The van der Waals surface area contributed by atoms with Crippen LogP contribution in [0.3, 0.4) is 0 Å². The molecule has 1 aromatic carbocycles. The molecule has 1 aliphatic heterocycles. The lowest BCUT2D eigenvalue weighted by atomic mass is 9.94. The van der Waals surface area contributed by atoms with Crippen molar-refractivity contribution in [2.75, 3.05) is 5.32 Å². The summed E-state index contributed by atoms with van der Waals surface area (Å²) in [4.78, 5) is 4.55. The summed E-state index contributed by atoms with van der Waals surface area (Å²) in [6.45, 7) is 0. The van der Waals surface area contributed by atoms with Crippen molar-refractivity contribution in [1.29, 1.82) is 0 Å². The molecule has 0 radical (unpaired) electrons. The second-order valence-corrected chi connectivity index (χ2v) is 5.48. The van der Waals surface area contributed by atoms with E-state index in [2.05, 4.69) is 10.3 Å². The highest BCUT2D eigenvalue weighted by Crippen LogP contribution is 2.33. The van der Waals surface area contributed by atoms with Gasteiger partial charge in [0.25, 0.3) is 6.02 Å². The number of halogens is 2. The predicted molar refractivity (Wildman–Crippen MR) is 74.6 cm³/mol. The minimum Gasteiger partial charge on any atom is -0.459 e. The van der Waals surface area contributed by atoms with Crippen LogP contribution in [-0.2, 0) is 4.74 Å². The third-order valence-corrected chi connectivity index (χ3v) is 4.04. The first-order chi connectivity index (χ1) is 8.74. The molecule has 1 saturated carbocycles. The molecule has 1 heterocycles. The first-order valence-corrected chi connectivity index (χ1v) is 6.95. The molecular weight excluding hydrogens is 271 g/mol. The zero-order valence-electron chi connectivity index (χ0n) is 9.83. The van der Waals surface area contributed by atoms with Crippen LogP contribution in [0.2, 0.25) is 10.0 Å². The van der Waals surface area contributed by atoms with Gasteiger partial charge in [0.2, 0.25) is 0 Å². The van der Waals surface area contributed by atoms with E-state index in [1.807, 2.05) is 6.07 Å². The Morgan fingerprint density at radius 2 is 1.89 bits per heavy atom. The van der Waals surface area contributed by atoms with E-state index in [0.29, 0.717) is 27.8 Å². The molecule has 18 heavy (non-hydrogen) atoms. The largest absolute Gasteiger partial charge is 0.459 e. The van der Waals surface area contributed by atoms with E-state index in [4.69, 9.17) is 27.9 Å². The van der Waals surface area contributed by atoms with Crippen molar-refractivity contribution in [2.45, 2.75) is 37.8 Å². The maximum absolute atomic E-state index is 6.10. The second-order valence-electron chi connectivity index (χ2n) is 4.66. The Labute approximate surface area is 116 Å². The van der Waals surface area contributed by atoms with Gasteiger partial charge >= 0.3 is 0 Å². The summed E-state index contributed by atoms with van der Waals surface area (Å²) in [5.74, 6) is 0. The Kier molecular flexibility index (Phi) is 3.35. The Balaban J connectivity index is 1.77. The Morgan fingerprint density at radius 1 is 1.17 bits per heavy atom. The monoisotopic (exact) mass is 284 g/mol. The van der Waals surface area contributed by atoms with Gasteiger partial charge in [-0.05, 0) is 31.4 Å². The molecule has 2 aliphatic rings. The van der Waals surface area contributed by atoms with Gasteiger partial charge in [-0.15, -0.1) is 0 Å². The van der Waals surface area contributed by atoms with E-state index in [0.717, 1.165) is 12.8 Å². The van der Waals surface area contributed by atoms with Crippen LogP contribution in [0.15, 0.2) is 23.2 Å². The molecule has 0 bridgehead atoms. The lowest BCUT2D eigenvalue weighted by Crippen LogP contribution is -2.26. The van der Waals surface area contributed by atoms with Crippen LogP contribution in [0, 0.1) is 0 Å². The fraction of sp³-hybridized carbons (Fsp3) is 0.462. The van der Waals surface area contributed by atoms with Gasteiger partial charge in [0.15, 0.2) is 0 Å². The Morgan fingerprint density at radius 3 is 2.61 bits per heavy atom. The summed E-state index contributed by atoms with van der Waals surface area (Å²) in [6, 6.07) is 6.23. The summed E-state index contributed by atoms with van der Waals surface area (Å²) >= 11 is 12.2. The summed E-state index contributed by atoms with van der Waals surface area (Å²) < 4.78 is 5.80. The number of hydrogen-bond donors (Lipinski definition) is 1. The van der Waals surface area contributed by atoms with Crippen molar-refractivity contribution in [1.82, 2.24) is 0 Å². The third-order valence-electron chi connectivity index (χ3n) is 3.41. The summed E-state index contributed by atoms with van der Waals surface area (Å²) in [7, 11) is 0. The van der Waals surface area contributed by atoms with E-state index in [1.54, 1.807) is 12.1 Å². The highest BCUT2D eigenvalue weighted by molar-refractivity contribution is 6.39. The molecule has 3 nitrogen and oxygen atoms in total. The number of nitrogens with zero attached hydrogens (tertiary/aromatic N) is 1. The number of rotatable bonds is 1. The average Bonchev–Trinajstić information content (AvgIpc) is 2.76. The number of nitrogens with one attached hydrogen (secondary N) is 1. The van der Waals surface area contributed by atoms with Crippen LogP contribution in [0.25, 0.3) is 0 Å². The maximum atomic E-state index is 6.10. The lowest BCUT2D eigenvalue weighted by Gasteiger charge is -2.21. The minimum absolute atomic E-state index is 0.225. The molecular formula is C13H14Cl2N2O. The van der Waals surface area contributed by atoms with Gasteiger partial charge < -0.3 is 10.1 Å². The van der Waals surface area contributed by atoms with Crippen molar-refractivity contribution >= 4 is 34.9 Å². The van der Waals surface area contributed by atoms with Gasteiger partial charge in [-0.2, -0.15) is 0 Å². The molecule has 1 aliphatic carbocycles. The molecule has 1 aromatic rings. The lowest BCUT2D eigenvalue weighted by molar-refractivity contribution is 0.152. The SMILES string of the molecule is Clc1cccc(Cl)c1NC1=NC2CCCCC2O1. The molecule has 5 heteroatoms. The summed E-state index contributed by atoms with van der Waals surface area (Å²) in [5, 5.41) is 4.24. The topological polar surface area (TPSA) is 33.6 Å². The molecule has 0 saturated heterocycles. The summed E-state index contributed by atoms with van der Waals surface area (Å²) in [6.07, 6.45) is 4.86. The molecule has 0 aromatic heterocycles. The first-order valence-electron chi connectivity index (χ1n) is 6.19. The standard InChI is InChI=1S/C13H14Cl2N2O/c14-8-4-3-5-9(15)12(8)17-13-16-10-6-1-2-7-11(10)18-13/h3-5,10-11H,1-2,6-7H2,(H,16,17). The van der Waals surface area contributed by atoms with Gasteiger partial charge in [-0.1, -0.05) is 35.7 Å². The zero-order valence-corrected chi connectivity index (χ0v) is 11.3. The third kappa shape index (κ3) is 2.29. The number of hydrogen-bond acceptors (Lipinski definition) is 3. The zero-order chi connectivity index (χ0) is 12.5. The van der Waals surface area contributed by atoms with Crippen molar-refractivity contribution in [3.8, 4) is 0 Å². The molecule has 2 atom stereocenters. The van der Waals surface area contributed by atoms with Gasteiger partial charge in [0, 0.05) is 0 Å². The van der Waals surface area contributed by atoms with E-state index in [9.17, 15) is 0 Å². The van der Waals surface area contributed by atoms with Crippen molar-refractivity contribution in [2.24, 2.45) is 4.99 Å². The molecule has 1 fully saturated rings. The molecule has 0 spiro atoms. The summed E-state index contributed by atoms with van der Waals surface area (Å²) in [5.41, 5.74) is 0.665. The normalized spacial score (nSPS) is 26.2. The number of aliphatic imine (C=N–C) groups is 1. The number of para-hydroxylation sites is 1. The van der Waals surface area contributed by atoms with Crippen LogP contribution in [0.5, 0.6) is 0 Å². The number of fused-ring (bicyclic) bond motifs is 1. The van der Waals surface area contributed by atoms with Crippen LogP contribution in [-0.4, -0.2) is 18.2 Å².